The van der Waals surface area contributed by atoms with Gasteiger partial charge in [0.2, 0.25) is 5.88 Å². The Morgan fingerprint density at radius 3 is 2.61 bits per heavy atom. The SMILES string of the molecule is COc1cccc2c1N=C(c1ccccc1)C2=Cc1sc(Nc2ccccn2)nc1O. The van der Waals surface area contributed by atoms with Crippen molar-refractivity contribution in [3.63, 3.8) is 0 Å². The van der Waals surface area contributed by atoms with Crippen LogP contribution in [0.3, 0.4) is 0 Å². The fourth-order valence-electron chi connectivity index (χ4n) is 3.43. The fraction of sp³-hybridized carbons (Fsp3) is 0.0417. The molecule has 6 nitrogen and oxygen atoms in total. The standard InChI is InChI=1S/C24H18N4O2S/c1-30-18-11-7-10-16-17(21(27-22(16)18)15-8-3-2-4-9-15)14-19-23(29)28-24(31-19)26-20-12-5-6-13-25-20/h2-14,29H,1H3,(H,25,26,28). The van der Waals surface area contributed by atoms with E-state index < -0.39 is 0 Å². The van der Waals surface area contributed by atoms with Crippen LogP contribution in [0.1, 0.15) is 16.0 Å². The van der Waals surface area contributed by atoms with Crippen LogP contribution in [-0.2, 0) is 0 Å². The van der Waals surface area contributed by atoms with Gasteiger partial charge in [0.25, 0.3) is 0 Å². The molecule has 3 heterocycles. The molecule has 0 bridgehead atoms. The highest BCUT2D eigenvalue weighted by Gasteiger charge is 2.25. The molecule has 1 aliphatic heterocycles. The zero-order chi connectivity index (χ0) is 21.2. The Morgan fingerprint density at radius 2 is 1.84 bits per heavy atom. The summed E-state index contributed by atoms with van der Waals surface area (Å²) in [4.78, 5) is 14.0. The monoisotopic (exact) mass is 426 g/mol. The maximum Gasteiger partial charge on any atom is 0.231 e. The lowest BCUT2D eigenvalue weighted by molar-refractivity contribution is 0.416. The number of allylic oxidation sites excluding steroid dienone is 1. The van der Waals surface area contributed by atoms with E-state index in [2.05, 4.69) is 15.3 Å². The first-order valence-corrected chi connectivity index (χ1v) is 10.5. The summed E-state index contributed by atoms with van der Waals surface area (Å²) >= 11 is 1.35. The molecule has 0 atom stereocenters. The van der Waals surface area contributed by atoms with Crippen molar-refractivity contribution < 1.29 is 9.84 Å². The number of hydrogen-bond acceptors (Lipinski definition) is 7. The van der Waals surface area contributed by atoms with Gasteiger partial charge in [-0.05, 0) is 24.3 Å². The number of anilines is 2. The summed E-state index contributed by atoms with van der Waals surface area (Å²) in [6.45, 7) is 0. The van der Waals surface area contributed by atoms with E-state index >= 15 is 0 Å². The Bertz CT molecular complexity index is 1300. The minimum atomic E-state index is -0.0420. The number of benzene rings is 2. The summed E-state index contributed by atoms with van der Waals surface area (Å²) in [7, 11) is 1.64. The molecule has 0 radical (unpaired) electrons. The van der Waals surface area contributed by atoms with Crippen LogP contribution in [0.15, 0.2) is 77.9 Å². The van der Waals surface area contributed by atoms with Crippen LogP contribution in [0.5, 0.6) is 11.6 Å². The van der Waals surface area contributed by atoms with Gasteiger partial charge in [0.1, 0.15) is 17.3 Å². The van der Waals surface area contributed by atoms with Gasteiger partial charge in [0, 0.05) is 22.9 Å². The Kier molecular flexibility index (Phi) is 4.93. The van der Waals surface area contributed by atoms with Gasteiger partial charge in [-0.25, -0.2) is 9.98 Å². The number of thiazole rings is 1. The van der Waals surface area contributed by atoms with E-state index in [4.69, 9.17) is 9.73 Å². The fourth-order valence-corrected chi connectivity index (χ4v) is 4.24. The van der Waals surface area contributed by atoms with Crippen LogP contribution < -0.4 is 10.1 Å². The summed E-state index contributed by atoms with van der Waals surface area (Å²) in [5, 5.41) is 14.2. The molecule has 4 aromatic rings. The Balaban J connectivity index is 1.59. The van der Waals surface area contributed by atoms with Gasteiger partial charge in [-0.1, -0.05) is 59.9 Å². The zero-order valence-electron chi connectivity index (χ0n) is 16.6. The maximum absolute atomic E-state index is 10.5. The quantitative estimate of drug-likeness (QED) is 0.430. The Labute approximate surface area is 183 Å². The smallest absolute Gasteiger partial charge is 0.231 e. The van der Waals surface area contributed by atoms with Crippen LogP contribution in [0.4, 0.5) is 16.6 Å². The minimum absolute atomic E-state index is 0.0420. The molecule has 0 unspecified atom stereocenters. The molecular formula is C24H18N4O2S. The van der Waals surface area contributed by atoms with Crippen molar-refractivity contribution in [3.05, 3.63) is 88.9 Å². The molecule has 31 heavy (non-hydrogen) atoms. The molecule has 152 valence electrons. The van der Waals surface area contributed by atoms with Crippen LogP contribution in [0.2, 0.25) is 0 Å². The number of pyridine rings is 1. The molecule has 0 fully saturated rings. The van der Waals surface area contributed by atoms with E-state index in [-0.39, 0.29) is 5.88 Å². The normalized spacial score (nSPS) is 13.7. The molecule has 0 amide bonds. The largest absolute Gasteiger partial charge is 0.494 e. The average molecular weight is 427 g/mol. The van der Waals surface area contributed by atoms with Crippen molar-refractivity contribution in [2.75, 3.05) is 12.4 Å². The average Bonchev–Trinajstić information content (AvgIpc) is 3.35. The third kappa shape index (κ3) is 3.67. The predicted octanol–water partition coefficient (Wildman–Crippen LogP) is 5.67. The Morgan fingerprint density at radius 1 is 1.00 bits per heavy atom. The third-order valence-electron chi connectivity index (χ3n) is 4.84. The van der Waals surface area contributed by atoms with Crippen molar-refractivity contribution in [1.82, 2.24) is 9.97 Å². The van der Waals surface area contributed by atoms with Crippen LogP contribution >= 0.6 is 11.3 Å². The first-order valence-electron chi connectivity index (χ1n) is 9.64. The molecular weight excluding hydrogens is 408 g/mol. The summed E-state index contributed by atoms with van der Waals surface area (Å²) in [5.74, 6) is 1.33. The van der Waals surface area contributed by atoms with Gasteiger partial charge in [0.05, 0.1) is 17.7 Å². The third-order valence-corrected chi connectivity index (χ3v) is 5.75. The number of aromatic hydroxyl groups is 1. The molecule has 2 N–H and O–H groups in total. The van der Waals surface area contributed by atoms with E-state index in [1.807, 2.05) is 72.8 Å². The van der Waals surface area contributed by atoms with Gasteiger partial charge in [-0.15, -0.1) is 0 Å². The number of nitrogens with zero attached hydrogens (tertiary/aromatic N) is 3. The second kappa shape index (κ2) is 8.04. The molecule has 1 aliphatic rings. The van der Waals surface area contributed by atoms with Gasteiger partial charge in [0.15, 0.2) is 5.13 Å². The number of ether oxygens (including phenoxy) is 1. The molecule has 5 rings (SSSR count). The van der Waals surface area contributed by atoms with Gasteiger partial charge in [-0.2, -0.15) is 4.98 Å². The predicted molar refractivity (Wildman–Crippen MR) is 125 cm³/mol. The lowest BCUT2D eigenvalue weighted by Gasteiger charge is -2.06. The molecule has 2 aromatic heterocycles. The second-order valence-corrected chi connectivity index (χ2v) is 7.82. The molecule has 7 heteroatoms. The number of rotatable bonds is 5. The van der Waals surface area contributed by atoms with E-state index in [0.717, 1.165) is 28.1 Å². The first kappa shape index (κ1) is 19.0. The summed E-state index contributed by atoms with van der Waals surface area (Å²) in [5.41, 5.74) is 4.45. The molecule has 0 spiro atoms. The van der Waals surface area contributed by atoms with E-state index in [0.29, 0.717) is 21.6 Å². The van der Waals surface area contributed by atoms with Crippen LogP contribution in [0, 0.1) is 0 Å². The number of hydrogen-bond donors (Lipinski definition) is 2. The molecule has 0 saturated carbocycles. The second-order valence-electron chi connectivity index (χ2n) is 6.79. The summed E-state index contributed by atoms with van der Waals surface area (Å²) < 4.78 is 5.52. The topological polar surface area (TPSA) is 79.6 Å². The van der Waals surface area contributed by atoms with E-state index in [1.54, 1.807) is 13.3 Å². The highest BCUT2D eigenvalue weighted by atomic mass is 32.1. The highest BCUT2D eigenvalue weighted by Crippen LogP contribution is 2.45. The van der Waals surface area contributed by atoms with E-state index in [9.17, 15) is 5.11 Å². The molecule has 0 saturated heterocycles. The number of para-hydroxylation sites is 1. The lowest BCUT2D eigenvalue weighted by Crippen LogP contribution is -1.99. The van der Waals surface area contributed by atoms with Gasteiger partial charge >= 0.3 is 0 Å². The van der Waals surface area contributed by atoms with Crippen molar-refractivity contribution in [2.45, 2.75) is 0 Å². The minimum Gasteiger partial charge on any atom is -0.494 e. The van der Waals surface area contributed by atoms with Crippen molar-refractivity contribution >= 4 is 45.3 Å². The van der Waals surface area contributed by atoms with E-state index in [1.165, 1.54) is 11.3 Å². The Hall–Kier alpha value is -3.97. The van der Waals surface area contributed by atoms with Crippen molar-refractivity contribution in [1.29, 1.82) is 0 Å². The lowest BCUT2D eigenvalue weighted by atomic mass is 9.97. The van der Waals surface area contributed by atoms with Crippen LogP contribution in [-0.4, -0.2) is 27.9 Å². The highest BCUT2D eigenvalue weighted by molar-refractivity contribution is 7.16. The van der Waals surface area contributed by atoms with Gasteiger partial charge in [-0.3, -0.25) is 0 Å². The molecule has 0 aliphatic carbocycles. The number of fused-ring (bicyclic) bond motifs is 1. The van der Waals surface area contributed by atoms with Crippen LogP contribution in [0.25, 0.3) is 11.6 Å². The number of aliphatic imine (C=N–C) groups is 1. The first-order chi connectivity index (χ1) is 15.2. The van der Waals surface area contributed by atoms with Gasteiger partial charge < -0.3 is 15.2 Å². The summed E-state index contributed by atoms with van der Waals surface area (Å²) in [6.07, 6.45) is 3.62. The maximum atomic E-state index is 10.5. The number of nitrogens with one attached hydrogen (secondary N) is 1. The zero-order valence-corrected chi connectivity index (χ0v) is 17.4. The van der Waals surface area contributed by atoms with Crippen molar-refractivity contribution in [2.24, 2.45) is 4.99 Å². The van der Waals surface area contributed by atoms with Crippen molar-refractivity contribution in [3.8, 4) is 11.6 Å². The summed E-state index contributed by atoms with van der Waals surface area (Å²) in [6, 6.07) is 21.4. The number of methoxy groups -OCH3 is 1. The molecule has 2 aromatic carbocycles. The number of aromatic nitrogens is 2.